The van der Waals surface area contributed by atoms with E-state index in [1.54, 1.807) is 23.0 Å². The summed E-state index contributed by atoms with van der Waals surface area (Å²) in [6.07, 6.45) is 3.46. The van der Waals surface area contributed by atoms with E-state index < -0.39 is 0 Å². The standard InChI is InChI=1S/C17H22FN5O/c1-22-12-20-21-16(22)9-19-17(24)14-5-3-7-23(11-14)10-13-4-2-6-15(18)8-13/h2,4,6,8,12,14H,3,5,7,9-11H2,1H3,(H,19,24)/t14-/m1/s1. The maximum Gasteiger partial charge on any atom is 0.224 e. The first kappa shape index (κ1) is 16.6. The van der Waals surface area contributed by atoms with E-state index in [2.05, 4.69) is 20.4 Å². The number of likely N-dealkylation sites (tertiary alicyclic amines) is 1. The fourth-order valence-electron chi connectivity index (χ4n) is 3.08. The third kappa shape index (κ3) is 4.17. The number of rotatable bonds is 5. The van der Waals surface area contributed by atoms with Crippen molar-refractivity contribution in [2.45, 2.75) is 25.9 Å². The molecule has 6 nitrogen and oxygen atoms in total. The number of nitrogens with zero attached hydrogens (tertiary/aromatic N) is 4. The molecule has 1 atom stereocenters. The molecule has 2 aromatic rings. The molecule has 1 N–H and O–H groups in total. The highest BCUT2D eigenvalue weighted by Crippen LogP contribution is 2.19. The van der Waals surface area contributed by atoms with Crippen LogP contribution in [0.5, 0.6) is 0 Å². The molecular formula is C17H22FN5O. The van der Waals surface area contributed by atoms with Crippen molar-refractivity contribution in [1.82, 2.24) is 25.0 Å². The third-order valence-corrected chi connectivity index (χ3v) is 4.40. The van der Waals surface area contributed by atoms with Crippen molar-refractivity contribution >= 4 is 5.91 Å². The largest absolute Gasteiger partial charge is 0.349 e. The molecule has 128 valence electrons. The molecule has 0 bridgehead atoms. The number of halogens is 1. The Morgan fingerprint density at radius 3 is 3.08 bits per heavy atom. The van der Waals surface area contributed by atoms with Crippen molar-refractivity contribution in [2.24, 2.45) is 13.0 Å². The highest BCUT2D eigenvalue weighted by molar-refractivity contribution is 5.78. The van der Waals surface area contributed by atoms with Gasteiger partial charge in [-0.05, 0) is 37.1 Å². The van der Waals surface area contributed by atoms with Crippen molar-refractivity contribution in [1.29, 1.82) is 0 Å². The lowest BCUT2D eigenvalue weighted by molar-refractivity contribution is -0.127. The quantitative estimate of drug-likeness (QED) is 0.901. The molecule has 1 aromatic heterocycles. The zero-order chi connectivity index (χ0) is 16.9. The second-order valence-corrected chi connectivity index (χ2v) is 6.28. The van der Waals surface area contributed by atoms with Crippen molar-refractivity contribution in [3.8, 4) is 0 Å². The Bertz CT molecular complexity index is 702. The van der Waals surface area contributed by atoms with Gasteiger partial charge in [0, 0.05) is 20.1 Å². The van der Waals surface area contributed by atoms with Crippen molar-refractivity contribution in [2.75, 3.05) is 13.1 Å². The summed E-state index contributed by atoms with van der Waals surface area (Å²) < 4.78 is 15.1. The Morgan fingerprint density at radius 2 is 2.33 bits per heavy atom. The summed E-state index contributed by atoms with van der Waals surface area (Å²) in [6.45, 7) is 2.69. The van der Waals surface area contributed by atoms with E-state index in [9.17, 15) is 9.18 Å². The summed E-state index contributed by atoms with van der Waals surface area (Å²) in [5.74, 6) is 0.515. The molecule has 2 heterocycles. The van der Waals surface area contributed by atoms with Gasteiger partial charge in [-0.25, -0.2) is 4.39 Å². The lowest BCUT2D eigenvalue weighted by Gasteiger charge is -2.32. The summed E-state index contributed by atoms with van der Waals surface area (Å²) in [4.78, 5) is 14.6. The fourth-order valence-corrected chi connectivity index (χ4v) is 3.08. The van der Waals surface area contributed by atoms with Crippen LogP contribution >= 0.6 is 0 Å². The fraction of sp³-hybridized carbons (Fsp3) is 0.471. The van der Waals surface area contributed by atoms with E-state index in [-0.39, 0.29) is 17.6 Å². The number of piperidine rings is 1. The number of aromatic nitrogens is 3. The van der Waals surface area contributed by atoms with Gasteiger partial charge in [-0.1, -0.05) is 12.1 Å². The van der Waals surface area contributed by atoms with Crippen molar-refractivity contribution in [3.05, 3.63) is 47.8 Å². The maximum atomic E-state index is 13.3. The smallest absolute Gasteiger partial charge is 0.224 e. The third-order valence-electron chi connectivity index (χ3n) is 4.40. The Kier molecular flexibility index (Phi) is 5.20. The Morgan fingerprint density at radius 1 is 1.46 bits per heavy atom. The number of amides is 1. The first-order chi connectivity index (χ1) is 11.6. The molecule has 0 aliphatic carbocycles. The first-order valence-corrected chi connectivity index (χ1v) is 8.19. The molecule has 1 fully saturated rings. The number of hydrogen-bond donors (Lipinski definition) is 1. The van der Waals surface area contributed by atoms with Crippen molar-refractivity contribution < 1.29 is 9.18 Å². The second-order valence-electron chi connectivity index (χ2n) is 6.28. The minimum absolute atomic E-state index is 0.0412. The van der Waals surface area contributed by atoms with Crippen LogP contribution in [0.3, 0.4) is 0 Å². The molecule has 0 spiro atoms. The van der Waals surface area contributed by atoms with Crippen LogP contribution < -0.4 is 5.32 Å². The van der Waals surface area contributed by atoms with Crippen LogP contribution in [0, 0.1) is 11.7 Å². The number of aryl methyl sites for hydroxylation is 1. The molecule has 7 heteroatoms. The van der Waals surface area contributed by atoms with E-state index in [1.165, 1.54) is 6.07 Å². The zero-order valence-corrected chi connectivity index (χ0v) is 13.8. The SMILES string of the molecule is Cn1cnnc1CNC(=O)[C@@H]1CCCN(Cc2cccc(F)c2)C1. The summed E-state index contributed by atoms with van der Waals surface area (Å²) in [5, 5.41) is 10.7. The van der Waals surface area contributed by atoms with E-state index >= 15 is 0 Å². The molecule has 1 saturated heterocycles. The number of hydrogen-bond acceptors (Lipinski definition) is 4. The number of benzene rings is 1. The van der Waals surface area contributed by atoms with E-state index in [0.29, 0.717) is 19.6 Å². The molecule has 0 unspecified atom stereocenters. The van der Waals surface area contributed by atoms with Crippen LogP contribution in [0.25, 0.3) is 0 Å². The van der Waals surface area contributed by atoms with Crippen molar-refractivity contribution in [3.63, 3.8) is 0 Å². The number of nitrogens with one attached hydrogen (secondary N) is 1. The van der Waals surface area contributed by atoms with Gasteiger partial charge in [-0.3, -0.25) is 9.69 Å². The first-order valence-electron chi connectivity index (χ1n) is 8.19. The molecule has 1 amide bonds. The van der Waals surface area contributed by atoms with Gasteiger partial charge in [0.1, 0.15) is 12.1 Å². The topological polar surface area (TPSA) is 63.1 Å². The van der Waals surface area contributed by atoms with Gasteiger partial charge in [0.15, 0.2) is 5.82 Å². The Hall–Kier alpha value is -2.28. The minimum atomic E-state index is -0.220. The average Bonchev–Trinajstić information content (AvgIpc) is 2.98. The van der Waals surface area contributed by atoms with E-state index in [4.69, 9.17) is 0 Å². The lowest BCUT2D eigenvalue weighted by Crippen LogP contribution is -2.42. The highest BCUT2D eigenvalue weighted by Gasteiger charge is 2.25. The summed E-state index contributed by atoms with van der Waals surface area (Å²) in [5.41, 5.74) is 0.940. The van der Waals surface area contributed by atoms with Crippen LogP contribution in [0.2, 0.25) is 0 Å². The molecule has 1 aliphatic heterocycles. The second kappa shape index (κ2) is 7.53. The van der Waals surface area contributed by atoms with Gasteiger partial charge in [-0.2, -0.15) is 0 Å². The van der Waals surface area contributed by atoms with Crippen LogP contribution in [-0.4, -0.2) is 38.7 Å². The molecule has 0 radical (unpaired) electrons. The van der Waals surface area contributed by atoms with Gasteiger partial charge in [-0.15, -0.1) is 10.2 Å². The predicted octanol–water partition coefficient (Wildman–Crippen LogP) is 1.48. The van der Waals surface area contributed by atoms with Gasteiger partial charge in [0.05, 0.1) is 12.5 Å². The highest BCUT2D eigenvalue weighted by atomic mass is 19.1. The molecule has 3 rings (SSSR count). The molecular weight excluding hydrogens is 309 g/mol. The molecule has 1 aliphatic rings. The monoisotopic (exact) mass is 331 g/mol. The number of carbonyl (C=O) groups excluding carboxylic acids is 1. The average molecular weight is 331 g/mol. The Labute approximate surface area is 140 Å². The van der Waals surface area contributed by atoms with Gasteiger partial charge in [0.25, 0.3) is 0 Å². The van der Waals surface area contributed by atoms with E-state index in [0.717, 1.165) is 30.8 Å². The van der Waals surface area contributed by atoms with Crippen LogP contribution in [0.15, 0.2) is 30.6 Å². The maximum absolute atomic E-state index is 13.3. The molecule has 24 heavy (non-hydrogen) atoms. The molecule has 1 aromatic carbocycles. The predicted molar refractivity (Wildman–Crippen MR) is 87.3 cm³/mol. The van der Waals surface area contributed by atoms with Gasteiger partial charge < -0.3 is 9.88 Å². The van der Waals surface area contributed by atoms with Crippen LogP contribution in [-0.2, 0) is 24.9 Å². The van der Waals surface area contributed by atoms with Crippen LogP contribution in [0.4, 0.5) is 4.39 Å². The summed E-state index contributed by atoms with van der Waals surface area (Å²) in [7, 11) is 1.85. The van der Waals surface area contributed by atoms with E-state index in [1.807, 2.05) is 13.1 Å². The lowest BCUT2D eigenvalue weighted by atomic mass is 9.96. The normalized spacial score (nSPS) is 18.5. The molecule has 0 saturated carbocycles. The minimum Gasteiger partial charge on any atom is -0.349 e. The van der Waals surface area contributed by atoms with Crippen LogP contribution in [0.1, 0.15) is 24.2 Å². The zero-order valence-electron chi connectivity index (χ0n) is 13.8. The summed E-state index contributed by atoms with van der Waals surface area (Å²) in [6, 6.07) is 6.64. The number of carbonyl (C=O) groups is 1. The van der Waals surface area contributed by atoms with Gasteiger partial charge in [0.2, 0.25) is 5.91 Å². The summed E-state index contributed by atoms with van der Waals surface area (Å²) >= 11 is 0. The Balaban J connectivity index is 1.53. The van der Waals surface area contributed by atoms with Gasteiger partial charge >= 0.3 is 0 Å².